The number of aliphatic imine (C=N–C) groups is 1. The van der Waals surface area contributed by atoms with Crippen LogP contribution < -0.4 is 5.32 Å². The van der Waals surface area contributed by atoms with E-state index in [0.717, 1.165) is 72.5 Å². The highest BCUT2D eigenvalue weighted by Gasteiger charge is 2.35. The lowest BCUT2D eigenvalue weighted by Crippen LogP contribution is -2.42. The van der Waals surface area contributed by atoms with Gasteiger partial charge >= 0.3 is 0 Å². The second-order valence-corrected chi connectivity index (χ2v) is 9.95. The van der Waals surface area contributed by atoms with Crippen LogP contribution in [0.4, 0.5) is 11.5 Å². The number of benzene rings is 1. The van der Waals surface area contributed by atoms with Crippen molar-refractivity contribution in [2.24, 2.45) is 10.9 Å². The molecule has 1 aliphatic carbocycles. The van der Waals surface area contributed by atoms with Crippen LogP contribution in [-0.4, -0.2) is 51.3 Å². The second-order valence-electron chi connectivity index (χ2n) is 8.86. The van der Waals surface area contributed by atoms with Gasteiger partial charge in [0.05, 0.1) is 24.6 Å². The zero-order chi connectivity index (χ0) is 21.7. The maximum atomic E-state index is 13.2. The molecule has 1 saturated heterocycles. The van der Waals surface area contributed by atoms with Crippen LogP contribution in [0.25, 0.3) is 10.2 Å². The van der Waals surface area contributed by atoms with Gasteiger partial charge in [0.1, 0.15) is 17.0 Å². The summed E-state index contributed by atoms with van der Waals surface area (Å²) in [5, 5.41) is 14.2. The highest BCUT2D eigenvalue weighted by molar-refractivity contribution is 7.19. The van der Waals surface area contributed by atoms with Crippen LogP contribution >= 0.6 is 11.3 Å². The molecule has 0 bridgehead atoms. The van der Waals surface area contributed by atoms with Crippen molar-refractivity contribution in [3.63, 3.8) is 0 Å². The van der Waals surface area contributed by atoms with Crippen LogP contribution in [0, 0.1) is 5.92 Å². The molecule has 164 valence electrons. The Balaban J connectivity index is 1.28. The Hall–Kier alpha value is -2.84. The number of aryl methyl sites for hydroxylation is 1. The summed E-state index contributed by atoms with van der Waals surface area (Å²) in [5.74, 6) is 1.02. The van der Waals surface area contributed by atoms with E-state index in [-0.39, 0.29) is 24.5 Å². The second kappa shape index (κ2) is 7.94. The molecule has 1 fully saturated rings. The van der Waals surface area contributed by atoms with Crippen molar-refractivity contribution in [2.45, 2.75) is 44.7 Å². The predicted molar refractivity (Wildman–Crippen MR) is 126 cm³/mol. The van der Waals surface area contributed by atoms with Crippen LogP contribution in [0.3, 0.4) is 0 Å². The minimum Gasteiger partial charge on any atom is -0.394 e. The van der Waals surface area contributed by atoms with E-state index in [0.29, 0.717) is 0 Å². The molecule has 0 saturated carbocycles. The number of aliphatic hydroxyl groups is 1. The number of carbonyl (C=O) groups excluding carboxylic acids is 1. The molecule has 1 aromatic carbocycles. The average molecular weight is 448 g/mol. The number of likely N-dealkylation sites (tertiary alicyclic amines) is 1. The topological polar surface area (TPSA) is 90.7 Å². The number of nitrogens with zero attached hydrogens (tertiary/aromatic N) is 4. The summed E-state index contributed by atoms with van der Waals surface area (Å²) in [6.45, 7) is 1.58. The van der Waals surface area contributed by atoms with E-state index >= 15 is 0 Å². The highest BCUT2D eigenvalue weighted by atomic mass is 32.1. The molecule has 0 radical (unpaired) electrons. The number of aliphatic hydroxyl groups excluding tert-OH is 1. The summed E-state index contributed by atoms with van der Waals surface area (Å²) >= 11 is 1.68. The number of rotatable bonds is 4. The first-order valence-corrected chi connectivity index (χ1v) is 12.1. The van der Waals surface area contributed by atoms with Gasteiger partial charge in [-0.25, -0.2) is 9.97 Å². The molecule has 3 aliphatic rings. The van der Waals surface area contributed by atoms with E-state index in [2.05, 4.69) is 38.5 Å². The number of amides is 1. The summed E-state index contributed by atoms with van der Waals surface area (Å²) in [7, 11) is 0. The summed E-state index contributed by atoms with van der Waals surface area (Å²) in [6, 6.07) is 6.29. The molecule has 8 heteroatoms. The lowest BCUT2D eigenvalue weighted by molar-refractivity contribution is -0.137. The summed E-state index contributed by atoms with van der Waals surface area (Å²) in [6.07, 6.45) is 7.84. The van der Waals surface area contributed by atoms with Gasteiger partial charge in [0.25, 0.3) is 0 Å². The van der Waals surface area contributed by atoms with Crippen LogP contribution in [0.1, 0.15) is 40.8 Å². The molecule has 1 amide bonds. The Labute approximate surface area is 190 Å². The van der Waals surface area contributed by atoms with Crippen LogP contribution in [0.5, 0.6) is 0 Å². The first-order chi connectivity index (χ1) is 15.7. The van der Waals surface area contributed by atoms with E-state index in [1.165, 1.54) is 16.0 Å². The van der Waals surface area contributed by atoms with Crippen molar-refractivity contribution in [1.82, 2.24) is 14.9 Å². The molecule has 4 heterocycles. The first-order valence-electron chi connectivity index (χ1n) is 11.3. The normalized spacial score (nSPS) is 21.7. The maximum Gasteiger partial charge on any atom is 0.226 e. The lowest BCUT2D eigenvalue weighted by Gasteiger charge is -2.30. The van der Waals surface area contributed by atoms with Gasteiger partial charge in [-0.2, -0.15) is 0 Å². The molecule has 7 nitrogen and oxygen atoms in total. The third-order valence-corrected chi connectivity index (χ3v) is 8.13. The highest BCUT2D eigenvalue weighted by Crippen LogP contribution is 2.41. The molecule has 6 rings (SSSR count). The van der Waals surface area contributed by atoms with Crippen LogP contribution in [0.2, 0.25) is 0 Å². The fraction of sp³-hybridized carbons (Fsp3) is 0.417. The smallest absolute Gasteiger partial charge is 0.226 e. The van der Waals surface area contributed by atoms with Gasteiger partial charge in [0.2, 0.25) is 5.91 Å². The monoisotopic (exact) mass is 447 g/mol. The van der Waals surface area contributed by atoms with Gasteiger partial charge < -0.3 is 15.3 Å². The predicted octanol–water partition coefficient (Wildman–Crippen LogP) is 3.46. The standard InChI is InChI=1S/C24H25N5O2S/c30-12-18-2-1-7-29(18)24(31)14-4-6-19-20(9-14)32-23-21(19)22(26-13-27-23)28-17-5-3-15-10-25-11-16(15)8-17/h3,5,8,11,13-14,18,30H,1-2,4,6-7,9-10,12H2,(H,26,27,28). The first kappa shape index (κ1) is 19.8. The third-order valence-electron chi connectivity index (χ3n) is 6.97. The number of anilines is 2. The van der Waals surface area contributed by atoms with Crippen molar-refractivity contribution < 1.29 is 9.90 Å². The molecule has 3 aromatic rings. The van der Waals surface area contributed by atoms with Gasteiger partial charge in [-0.3, -0.25) is 9.79 Å². The summed E-state index contributed by atoms with van der Waals surface area (Å²) in [4.78, 5) is 30.7. The number of aromatic nitrogens is 2. The fourth-order valence-corrected chi connectivity index (χ4v) is 6.55. The lowest BCUT2D eigenvalue weighted by atomic mass is 9.86. The number of nitrogens with one attached hydrogen (secondary N) is 1. The van der Waals surface area contributed by atoms with Crippen molar-refractivity contribution >= 4 is 45.2 Å². The molecular weight excluding hydrogens is 422 g/mol. The molecule has 2 N–H and O–H groups in total. The van der Waals surface area contributed by atoms with E-state index in [4.69, 9.17) is 0 Å². The molecule has 32 heavy (non-hydrogen) atoms. The average Bonchev–Trinajstić information content (AvgIpc) is 3.55. The van der Waals surface area contributed by atoms with Crippen molar-refractivity contribution in [3.8, 4) is 0 Å². The van der Waals surface area contributed by atoms with Gasteiger partial charge in [-0.1, -0.05) is 6.07 Å². The molecule has 0 spiro atoms. The number of fused-ring (bicyclic) bond motifs is 4. The SMILES string of the molecule is O=C(C1CCc2c(sc3ncnc(Nc4ccc5c(c4)C=NC5)c23)C1)N1CCCC1CO. The third kappa shape index (κ3) is 3.29. The fourth-order valence-electron chi connectivity index (χ4n) is 5.28. The minimum absolute atomic E-state index is 0.00894. The maximum absolute atomic E-state index is 13.2. The van der Waals surface area contributed by atoms with Gasteiger partial charge in [0.15, 0.2) is 0 Å². The largest absolute Gasteiger partial charge is 0.394 e. The summed E-state index contributed by atoms with van der Waals surface area (Å²) < 4.78 is 0. The zero-order valence-electron chi connectivity index (χ0n) is 17.8. The van der Waals surface area contributed by atoms with Gasteiger partial charge in [-0.05, 0) is 60.9 Å². The Morgan fingerprint density at radius 3 is 3.12 bits per heavy atom. The Bertz CT molecular complexity index is 1240. The van der Waals surface area contributed by atoms with Gasteiger partial charge in [-0.15, -0.1) is 11.3 Å². The number of carbonyl (C=O) groups is 1. The quantitative estimate of drug-likeness (QED) is 0.639. The molecule has 2 aromatic heterocycles. The minimum atomic E-state index is -0.0110. The van der Waals surface area contributed by atoms with Gasteiger partial charge in [0, 0.05) is 29.2 Å². The van der Waals surface area contributed by atoms with Crippen molar-refractivity contribution in [3.05, 3.63) is 46.1 Å². The zero-order valence-corrected chi connectivity index (χ0v) is 18.6. The molecule has 2 aliphatic heterocycles. The van der Waals surface area contributed by atoms with E-state index < -0.39 is 0 Å². The van der Waals surface area contributed by atoms with Crippen LogP contribution in [-0.2, 0) is 24.2 Å². The molecule has 2 atom stereocenters. The van der Waals surface area contributed by atoms with Crippen LogP contribution in [0.15, 0.2) is 29.5 Å². The number of hydrogen-bond donors (Lipinski definition) is 2. The van der Waals surface area contributed by atoms with E-state index in [9.17, 15) is 9.90 Å². The Morgan fingerprint density at radius 1 is 1.28 bits per heavy atom. The van der Waals surface area contributed by atoms with E-state index in [1.807, 2.05) is 11.1 Å². The molecule has 2 unspecified atom stereocenters. The summed E-state index contributed by atoms with van der Waals surface area (Å²) in [5.41, 5.74) is 4.66. The number of thiophene rings is 1. The Morgan fingerprint density at radius 2 is 2.22 bits per heavy atom. The van der Waals surface area contributed by atoms with Crippen molar-refractivity contribution in [2.75, 3.05) is 18.5 Å². The van der Waals surface area contributed by atoms with Crippen molar-refractivity contribution in [1.29, 1.82) is 0 Å². The van der Waals surface area contributed by atoms with E-state index in [1.54, 1.807) is 17.7 Å². The number of hydrogen-bond acceptors (Lipinski definition) is 7. The Kier molecular flexibility index (Phi) is 4.91. The molecular formula is C24H25N5O2S.